The molecule has 2 amide bonds. The third-order valence-corrected chi connectivity index (χ3v) is 4.18. The Morgan fingerprint density at radius 2 is 2.21 bits per heavy atom. The van der Waals surface area contributed by atoms with Crippen molar-refractivity contribution < 1.29 is 19.1 Å². The highest BCUT2D eigenvalue weighted by molar-refractivity contribution is 8.18. The van der Waals surface area contributed by atoms with E-state index < -0.39 is 23.2 Å². The Morgan fingerprint density at radius 3 is 2.79 bits per heavy atom. The van der Waals surface area contributed by atoms with E-state index in [4.69, 9.17) is 0 Å². The molecule has 1 fully saturated rings. The topological polar surface area (TPSA) is 63.7 Å². The number of rotatable bonds is 3. The van der Waals surface area contributed by atoms with Crippen molar-refractivity contribution >= 4 is 46.3 Å². The van der Waals surface area contributed by atoms with Crippen LogP contribution >= 0.6 is 23.1 Å². The zero-order valence-corrected chi connectivity index (χ0v) is 11.9. The molecule has 5 nitrogen and oxygen atoms in total. The SMILES string of the molecule is COC(=O)[C@H](C)N1C(=O)S/C(=C\c2ccsc2)C1=O. The van der Waals surface area contributed by atoms with Gasteiger partial charge in [0.2, 0.25) is 0 Å². The lowest BCUT2D eigenvalue weighted by atomic mass is 10.2. The molecule has 1 aliphatic rings. The first-order valence-corrected chi connectivity index (χ1v) is 7.17. The van der Waals surface area contributed by atoms with Crippen molar-refractivity contribution in [1.82, 2.24) is 4.90 Å². The molecule has 1 aromatic heterocycles. The third-order valence-electron chi connectivity index (χ3n) is 2.59. The Bertz CT molecular complexity index is 550. The number of carbonyl (C=O) groups is 3. The van der Waals surface area contributed by atoms with Crippen LogP contribution in [0.1, 0.15) is 12.5 Å². The molecule has 7 heteroatoms. The van der Waals surface area contributed by atoms with E-state index in [1.165, 1.54) is 25.4 Å². The number of carbonyl (C=O) groups excluding carboxylic acids is 3. The highest BCUT2D eigenvalue weighted by atomic mass is 32.2. The van der Waals surface area contributed by atoms with Crippen LogP contribution in [0.5, 0.6) is 0 Å². The number of methoxy groups -OCH3 is 1. The van der Waals surface area contributed by atoms with Crippen LogP contribution in [0.3, 0.4) is 0 Å². The Labute approximate surface area is 118 Å². The molecule has 1 aromatic rings. The largest absolute Gasteiger partial charge is 0.467 e. The van der Waals surface area contributed by atoms with Crippen molar-refractivity contribution in [2.24, 2.45) is 0 Å². The summed E-state index contributed by atoms with van der Waals surface area (Å²) < 4.78 is 4.55. The van der Waals surface area contributed by atoms with Crippen LogP contribution in [0.15, 0.2) is 21.7 Å². The van der Waals surface area contributed by atoms with Crippen molar-refractivity contribution in [2.75, 3.05) is 7.11 Å². The van der Waals surface area contributed by atoms with Crippen LogP contribution in [-0.2, 0) is 14.3 Å². The Hall–Kier alpha value is -1.60. The van der Waals surface area contributed by atoms with E-state index in [9.17, 15) is 14.4 Å². The fourth-order valence-corrected chi connectivity index (χ4v) is 3.12. The predicted octanol–water partition coefficient (Wildman–Crippen LogP) is 2.35. The number of amides is 2. The van der Waals surface area contributed by atoms with E-state index in [0.717, 1.165) is 22.2 Å². The first kappa shape index (κ1) is 13.8. The summed E-state index contributed by atoms with van der Waals surface area (Å²) in [6.45, 7) is 1.47. The second-order valence-corrected chi connectivity index (χ2v) is 5.58. The molecule has 2 heterocycles. The number of nitrogens with zero attached hydrogens (tertiary/aromatic N) is 1. The van der Waals surface area contributed by atoms with Crippen molar-refractivity contribution in [1.29, 1.82) is 0 Å². The van der Waals surface area contributed by atoms with Crippen molar-refractivity contribution in [3.8, 4) is 0 Å². The molecule has 1 aliphatic heterocycles. The van der Waals surface area contributed by atoms with Gasteiger partial charge in [0.05, 0.1) is 12.0 Å². The van der Waals surface area contributed by atoms with Crippen molar-refractivity contribution in [3.63, 3.8) is 0 Å². The summed E-state index contributed by atoms with van der Waals surface area (Å²) >= 11 is 2.33. The number of hydrogen-bond donors (Lipinski definition) is 0. The minimum absolute atomic E-state index is 0.319. The number of ether oxygens (including phenoxy) is 1. The van der Waals surface area contributed by atoms with Crippen LogP contribution in [0.2, 0.25) is 0 Å². The molecule has 0 aromatic carbocycles. The molecule has 1 saturated heterocycles. The lowest BCUT2D eigenvalue weighted by molar-refractivity contribution is -0.148. The summed E-state index contributed by atoms with van der Waals surface area (Å²) in [5.74, 6) is -1.07. The fraction of sp³-hybridized carbons (Fsp3) is 0.250. The Kier molecular flexibility index (Phi) is 4.06. The van der Waals surface area contributed by atoms with Crippen molar-refractivity contribution in [3.05, 3.63) is 27.3 Å². The maximum Gasteiger partial charge on any atom is 0.328 e. The molecule has 0 bridgehead atoms. The zero-order valence-electron chi connectivity index (χ0n) is 10.3. The molecule has 19 heavy (non-hydrogen) atoms. The second kappa shape index (κ2) is 5.58. The highest BCUT2D eigenvalue weighted by Gasteiger charge is 2.41. The number of esters is 1. The van der Waals surface area contributed by atoms with E-state index in [0.29, 0.717) is 4.91 Å². The normalized spacial score (nSPS) is 19.1. The predicted molar refractivity (Wildman–Crippen MR) is 73.6 cm³/mol. The first-order valence-electron chi connectivity index (χ1n) is 5.41. The number of thiophene rings is 1. The monoisotopic (exact) mass is 297 g/mol. The van der Waals surface area contributed by atoms with Gasteiger partial charge in [-0.25, -0.2) is 4.79 Å². The number of imide groups is 1. The minimum atomic E-state index is -0.911. The lowest BCUT2D eigenvalue weighted by Crippen LogP contribution is -2.42. The molecule has 0 spiro atoms. The molecule has 0 aliphatic carbocycles. The summed E-state index contributed by atoms with van der Waals surface area (Å²) in [5, 5.41) is 3.30. The van der Waals surface area contributed by atoms with Gasteiger partial charge in [-0.15, -0.1) is 0 Å². The zero-order chi connectivity index (χ0) is 14.0. The van der Waals surface area contributed by atoms with Gasteiger partial charge in [-0.05, 0) is 47.2 Å². The van der Waals surface area contributed by atoms with Gasteiger partial charge in [-0.3, -0.25) is 14.5 Å². The number of hydrogen-bond acceptors (Lipinski definition) is 6. The van der Waals surface area contributed by atoms with E-state index in [-0.39, 0.29) is 0 Å². The Morgan fingerprint density at radius 1 is 1.47 bits per heavy atom. The van der Waals surface area contributed by atoms with E-state index in [1.807, 2.05) is 16.8 Å². The summed E-state index contributed by atoms with van der Waals surface area (Å²) in [6.07, 6.45) is 1.64. The average molecular weight is 297 g/mol. The van der Waals surface area contributed by atoms with Crippen LogP contribution in [-0.4, -0.2) is 35.2 Å². The molecule has 0 N–H and O–H groups in total. The van der Waals surface area contributed by atoms with Gasteiger partial charge in [0.25, 0.3) is 11.1 Å². The quantitative estimate of drug-likeness (QED) is 0.633. The molecule has 2 rings (SSSR count). The Balaban J connectivity index is 2.24. The lowest BCUT2D eigenvalue weighted by Gasteiger charge is -2.18. The van der Waals surface area contributed by atoms with Gasteiger partial charge in [-0.2, -0.15) is 11.3 Å². The molecule has 0 unspecified atom stereocenters. The summed E-state index contributed by atoms with van der Waals surface area (Å²) in [6, 6.07) is 0.938. The van der Waals surface area contributed by atoms with Crippen LogP contribution in [0, 0.1) is 0 Å². The van der Waals surface area contributed by atoms with Gasteiger partial charge < -0.3 is 4.74 Å². The van der Waals surface area contributed by atoms with Gasteiger partial charge in [-0.1, -0.05) is 0 Å². The third kappa shape index (κ3) is 2.71. The first-order chi connectivity index (χ1) is 9.04. The van der Waals surface area contributed by atoms with Gasteiger partial charge in [0.15, 0.2) is 0 Å². The molecular weight excluding hydrogens is 286 g/mol. The standard InChI is InChI=1S/C12H11NO4S2/c1-7(11(15)17-2)13-10(14)9(19-12(13)16)5-8-3-4-18-6-8/h3-7H,1-2H3/b9-5-/t7-/m0/s1. The summed E-state index contributed by atoms with van der Waals surface area (Å²) in [5.41, 5.74) is 0.862. The average Bonchev–Trinajstić information content (AvgIpc) is 2.98. The summed E-state index contributed by atoms with van der Waals surface area (Å²) in [4.78, 5) is 36.6. The fourth-order valence-electron chi connectivity index (χ4n) is 1.60. The van der Waals surface area contributed by atoms with Crippen LogP contribution in [0.25, 0.3) is 6.08 Å². The van der Waals surface area contributed by atoms with Gasteiger partial charge in [0.1, 0.15) is 6.04 Å². The smallest absolute Gasteiger partial charge is 0.328 e. The van der Waals surface area contributed by atoms with Crippen LogP contribution < -0.4 is 0 Å². The van der Waals surface area contributed by atoms with Crippen molar-refractivity contribution in [2.45, 2.75) is 13.0 Å². The number of thioether (sulfide) groups is 1. The molecular formula is C12H11NO4S2. The van der Waals surface area contributed by atoms with Crippen LogP contribution in [0.4, 0.5) is 4.79 Å². The van der Waals surface area contributed by atoms with E-state index in [1.54, 1.807) is 6.08 Å². The molecule has 1 atom stereocenters. The maximum atomic E-state index is 12.1. The van der Waals surface area contributed by atoms with Gasteiger partial charge >= 0.3 is 5.97 Å². The second-order valence-electron chi connectivity index (χ2n) is 3.81. The van der Waals surface area contributed by atoms with E-state index >= 15 is 0 Å². The molecule has 0 radical (unpaired) electrons. The molecule has 100 valence electrons. The summed E-state index contributed by atoms with van der Waals surface area (Å²) in [7, 11) is 1.22. The minimum Gasteiger partial charge on any atom is -0.467 e. The highest BCUT2D eigenvalue weighted by Crippen LogP contribution is 2.33. The van der Waals surface area contributed by atoms with Gasteiger partial charge in [0, 0.05) is 0 Å². The maximum absolute atomic E-state index is 12.1. The molecule has 0 saturated carbocycles. The van der Waals surface area contributed by atoms with E-state index in [2.05, 4.69) is 4.74 Å².